The van der Waals surface area contributed by atoms with Crippen molar-refractivity contribution in [2.75, 3.05) is 6.54 Å². The Morgan fingerprint density at radius 3 is 1.89 bits per heavy atom. The van der Waals surface area contributed by atoms with Crippen molar-refractivity contribution < 1.29 is 9.59 Å². The molecular weight excluding hydrogens is 336 g/mol. The van der Waals surface area contributed by atoms with Crippen LogP contribution in [-0.4, -0.2) is 28.2 Å². The predicted molar refractivity (Wildman–Crippen MR) is 107 cm³/mol. The first-order chi connectivity index (χ1) is 13.3. The zero-order chi connectivity index (χ0) is 18.9. The molecule has 0 saturated heterocycles. The van der Waals surface area contributed by atoms with Gasteiger partial charge in [0.15, 0.2) is 0 Å². The largest absolute Gasteiger partial charge is 0.274 e. The molecule has 2 amide bonds. The average molecular weight is 364 g/mol. The molecule has 1 aromatic carbocycles. The zero-order valence-corrected chi connectivity index (χ0v) is 15.9. The molecule has 0 aliphatic carbocycles. The number of pyridine rings is 1. The number of imide groups is 1. The molecule has 4 nitrogen and oxygen atoms in total. The summed E-state index contributed by atoms with van der Waals surface area (Å²) in [5.74, 6) is -0.270. The molecule has 1 aliphatic heterocycles. The molecule has 3 rings (SSSR count). The summed E-state index contributed by atoms with van der Waals surface area (Å²) in [6.07, 6.45) is 14.3. The van der Waals surface area contributed by atoms with Crippen LogP contribution in [0.4, 0.5) is 0 Å². The van der Waals surface area contributed by atoms with Crippen LogP contribution in [0.5, 0.6) is 0 Å². The van der Waals surface area contributed by atoms with Crippen molar-refractivity contribution in [1.82, 2.24) is 9.88 Å². The Morgan fingerprint density at radius 1 is 0.704 bits per heavy atom. The number of hydrogen-bond acceptors (Lipinski definition) is 3. The minimum atomic E-state index is -0.135. The molecule has 0 spiro atoms. The van der Waals surface area contributed by atoms with E-state index in [9.17, 15) is 9.59 Å². The number of benzene rings is 1. The molecular formula is C23H28N2O2. The summed E-state index contributed by atoms with van der Waals surface area (Å²) >= 11 is 0. The van der Waals surface area contributed by atoms with Crippen molar-refractivity contribution in [1.29, 1.82) is 0 Å². The molecule has 0 atom stereocenters. The maximum absolute atomic E-state index is 12.3. The van der Waals surface area contributed by atoms with Crippen molar-refractivity contribution in [3.8, 4) is 0 Å². The first-order valence-corrected chi connectivity index (χ1v) is 10.1. The second kappa shape index (κ2) is 10.0. The summed E-state index contributed by atoms with van der Waals surface area (Å²) in [7, 11) is 0. The molecule has 142 valence electrons. The van der Waals surface area contributed by atoms with E-state index in [1.807, 2.05) is 30.6 Å². The Labute approximate surface area is 161 Å². The van der Waals surface area contributed by atoms with E-state index < -0.39 is 0 Å². The lowest BCUT2D eigenvalue weighted by Crippen LogP contribution is -2.30. The fourth-order valence-corrected chi connectivity index (χ4v) is 3.65. The maximum Gasteiger partial charge on any atom is 0.261 e. The van der Waals surface area contributed by atoms with E-state index in [0.717, 1.165) is 19.3 Å². The van der Waals surface area contributed by atoms with Crippen LogP contribution in [0.3, 0.4) is 0 Å². The highest BCUT2D eigenvalue weighted by Crippen LogP contribution is 2.23. The first kappa shape index (κ1) is 19.3. The highest BCUT2D eigenvalue weighted by molar-refractivity contribution is 6.21. The predicted octanol–water partition coefficient (Wildman–Crippen LogP) is 5.04. The van der Waals surface area contributed by atoms with E-state index in [1.165, 1.54) is 49.0 Å². The van der Waals surface area contributed by atoms with Gasteiger partial charge in [0, 0.05) is 18.9 Å². The van der Waals surface area contributed by atoms with Gasteiger partial charge in [0.1, 0.15) is 0 Å². The smallest absolute Gasteiger partial charge is 0.261 e. The average Bonchev–Trinajstić information content (AvgIpc) is 2.95. The van der Waals surface area contributed by atoms with Crippen molar-refractivity contribution in [3.05, 3.63) is 65.5 Å². The molecule has 2 heterocycles. The molecule has 2 aromatic rings. The monoisotopic (exact) mass is 364 g/mol. The fraction of sp³-hybridized carbons (Fsp3) is 0.435. The van der Waals surface area contributed by atoms with E-state index in [4.69, 9.17) is 0 Å². The molecule has 0 saturated carbocycles. The van der Waals surface area contributed by atoms with Gasteiger partial charge in [-0.05, 0) is 43.0 Å². The molecule has 4 heteroatoms. The van der Waals surface area contributed by atoms with Crippen LogP contribution in [0.2, 0.25) is 0 Å². The topological polar surface area (TPSA) is 50.3 Å². The van der Waals surface area contributed by atoms with Gasteiger partial charge >= 0.3 is 0 Å². The number of hydrogen-bond donors (Lipinski definition) is 0. The lowest BCUT2D eigenvalue weighted by Gasteiger charge is -2.13. The number of carbonyl (C=O) groups is 2. The van der Waals surface area contributed by atoms with Gasteiger partial charge in [-0.3, -0.25) is 19.5 Å². The zero-order valence-electron chi connectivity index (χ0n) is 15.9. The van der Waals surface area contributed by atoms with Crippen LogP contribution in [0.25, 0.3) is 0 Å². The van der Waals surface area contributed by atoms with Crippen molar-refractivity contribution in [2.45, 2.75) is 57.8 Å². The minimum absolute atomic E-state index is 0.135. The molecule has 0 radical (unpaired) electrons. The second-order valence-corrected chi connectivity index (χ2v) is 7.25. The standard InChI is InChI=1S/C23H28N2O2/c26-22-20-14-8-9-15-21(20)23(27)25(22)17-10-6-4-2-1-3-5-7-12-19-13-11-16-24-18-19/h8-9,11,13-16,18H,1-7,10,12,17H2. The molecule has 0 N–H and O–H groups in total. The lowest BCUT2D eigenvalue weighted by molar-refractivity contribution is 0.0651. The van der Waals surface area contributed by atoms with Gasteiger partial charge in [-0.2, -0.15) is 0 Å². The molecule has 0 bridgehead atoms. The highest BCUT2D eigenvalue weighted by atomic mass is 16.2. The van der Waals surface area contributed by atoms with Crippen LogP contribution < -0.4 is 0 Å². The first-order valence-electron chi connectivity index (χ1n) is 10.1. The summed E-state index contributed by atoms with van der Waals surface area (Å²) in [5, 5.41) is 0. The molecule has 0 fully saturated rings. The third kappa shape index (κ3) is 5.25. The summed E-state index contributed by atoms with van der Waals surface area (Å²) < 4.78 is 0. The number of aromatic nitrogens is 1. The van der Waals surface area contributed by atoms with Crippen molar-refractivity contribution in [3.63, 3.8) is 0 Å². The van der Waals surface area contributed by atoms with E-state index in [-0.39, 0.29) is 11.8 Å². The van der Waals surface area contributed by atoms with Gasteiger partial charge in [-0.1, -0.05) is 56.7 Å². The third-order valence-electron chi connectivity index (χ3n) is 5.20. The van der Waals surface area contributed by atoms with Crippen molar-refractivity contribution in [2.24, 2.45) is 0 Å². The Hall–Kier alpha value is -2.49. The van der Waals surface area contributed by atoms with Crippen LogP contribution in [0.1, 0.15) is 77.6 Å². The fourth-order valence-electron chi connectivity index (χ4n) is 3.65. The summed E-state index contributed by atoms with van der Waals surface area (Å²) in [6.45, 7) is 0.539. The molecule has 1 aliphatic rings. The lowest BCUT2D eigenvalue weighted by atomic mass is 10.0. The number of unbranched alkanes of at least 4 members (excludes halogenated alkanes) is 7. The number of rotatable bonds is 11. The summed E-state index contributed by atoms with van der Waals surface area (Å²) in [4.78, 5) is 30.1. The molecule has 27 heavy (non-hydrogen) atoms. The Kier molecular flexibility index (Phi) is 7.14. The minimum Gasteiger partial charge on any atom is -0.274 e. The van der Waals surface area contributed by atoms with Crippen molar-refractivity contribution >= 4 is 11.8 Å². The number of amides is 2. The van der Waals surface area contributed by atoms with E-state index in [0.29, 0.717) is 17.7 Å². The maximum atomic E-state index is 12.3. The number of nitrogens with zero attached hydrogens (tertiary/aromatic N) is 2. The normalized spacial score (nSPS) is 13.3. The van der Waals surface area contributed by atoms with Crippen LogP contribution >= 0.6 is 0 Å². The van der Waals surface area contributed by atoms with E-state index in [1.54, 1.807) is 12.1 Å². The Bertz CT molecular complexity index is 723. The SMILES string of the molecule is O=C1c2ccccc2C(=O)N1CCCCCCCCCCc1cccnc1. The summed E-state index contributed by atoms with van der Waals surface area (Å²) in [6, 6.07) is 11.2. The van der Waals surface area contributed by atoms with Crippen LogP contribution in [0, 0.1) is 0 Å². The van der Waals surface area contributed by atoms with Gasteiger partial charge in [0.25, 0.3) is 11.8 Å². The van der Waals surface area contributed by atoms with Crippen LogP contribution in [-0.2, 0) is 6.42 Å². The van der Waals surface area contributed by atoms with Gasteiger partial charge in [-0.25, -0.2) is 0 Å². The van der Waals surface area contributed by atoms with E-state index in [2.05, 4.69) is 11.1 Å². The number of carbonyl (C=O) groups excluding carboxylic acids is 2. The van der Waals surface area contributed by atoms with Gasteiger partial charge in [0.2, 0.25) is 0 Å². The quantitative estimate of drug-likeness (QED) is 0.414. The second-order valence-electron chi connectivity index (χ2n) is 7.25. The summed E-state index contributed by atoms with van der Waals surface area (Å²) in [5.41, 5.74) is 2.42. The Morgan fingerprint density at radius 2 is 1.30 bits per heavy atom. The molecule has 0 unspecified atom stereocenters. The van der Waals surface area contributed by atoms with Gasteiger partial charge in [0.05, 0.1) is 11.1 Å². The Balaban J connectivity index is 1.21. The van der Waals surface area contributed by atoms with Gasteiger partial charge in [-0.15, -0.1) is 0 Å². The number of fused-ring (bicyclic) bond motifs is 1. The number of aryl methyl sites for hydroxylation is 1. The molecule has 1 aromatic heterocycles. The van der Waals surface area contributed by atoms with Crippen LogP contribution in [0.15, 0.2) is 48.8 Å². The highest BCUT2D eigenvalue weighted by Gasteiger charge is 2.34. The van der Waals surface area contributed by atoms with Gasteiger partial charge < -0.3 is 0 Å². The van der Waals surface area contributed by atoms with E-state index >= 15 is 0 Å². The third-order valence-corrected chi connectivity index (χ3v) is 5.20.